The van der Waals surface area contributed by atoms with Crippen LogP contribution in [0, 0.1) is 13.8 Å². The van der Waals surface area contributed by atoms with Crippen molar-refractivity contribution in [2.75, 3.05) is 0 Å². The number of hydrogen-bond donors (Lipinski definition) is 2. The Labute approximate surface area is 150 Å². The Morgan fingerprint density at radius 1 is 1.20 bits per heavy atom. The van der Waals surface area contributed by atoms with Crippen LogP contribution in [-0.2, 0) is 4.79 Å². The molecule has 8 nitrogen and oxygen atoms in total. The minimum Gasteiger partial charge on any atom is -0.336 e. The van der Waals surface area contributed by atoms with Crippen LogP contribution in [0.5, 0.6) is 0 Å². The van der Waals surface area contributed by atoms with Crippen molar-refractivity contribution in [1.29, 1.82) is 0 Å². The molecule has 0 saturated heterocycles. The summed E-state index contributed by atoms with van der Waals surface area (Å²) in [6, 6.07) is 5.43. The number of carbonyl (C=O) groups is 2. The zero-order chi connectivity index (χ0) is 18.6. The third-order valence-electron chi connectivity index (χ3n) is 3.34. The molecule has 0 aliphatic heterocycles. The number of hydrogen-bond acceptors (Lipinski definition) is 6. The highest BCUT2D eigenvalue weighted by Gasteiger charge is 2.21. The van der Waals surface area contributed by atoms with Crippen LogP contribution in [0.1, 0.15) is 31.9 Å². The molecule has 1 heterocycles. The summed E-state index contributed by atoms with van der Waals surface area (Å²) >= 11 is 1.19. The van der Waals surface area contributed by atoms with Crippen LogP contribution >= 0.6 is 11.8 Å². The van der Waals surface area contributed by atoms with Gasteiger partial charge in [0, 0.05) is 6.04 Å². The van der Waals surface area contributed by atoms with Crippen molar-refractivity contribution in [1.82, 2.24) is 30.8 Å². The highest BCUT2D eigenvalue weighted by atomic mass is 32.2. The number of thioether (sulfide) groups is 1. The van der Waals surface area contributed by atoms with Gasteiger partial charge in [-0.25, -0.2) is 4.79 Å². The van der Waals surface area contributed by atoms with Gasteiger partial charge in [0.15, 0.2) is 0 Å². The van der Waals surface area contributed by atoms with Crippen molar-refractivity contribution in [3.63, 3.8) is 0 Å². The number of amides is 3. The maximum Gasteiger partial charge on any atom is 0.321 e. The van der Waals surface area contributed by atoms with Gasteiger partial charge in [-0.05, 0) is 62.2 Å². The molecule has 0 radical (unpaired) electrons. The van der Waals surface area contributed by atoms with E-state index in [1.165, 1.54) is 11.8 Å². The fourth-order valence-electron chi connectivity index (χ4n) is 2.07. The van der Waals surface area contributed by atoms with E-state index in [0.29, 0.717) is 5.16 Å². The number of aromatic nitrogens is 4. The largest absolute Gasteiger partial charge is 0.336 e. The van der Waals surface area contributed by atoms with Gasteiger partial charge in [-0.1, -0.05) is 23.9 Å². The maximum absolute atomic E-state index is 12.2. The van der Waals surface area contributed by atoms with Gasteiger partial charge in [-0.2, -0.15) is 4.68 Å². The third kappa shape index (κ3) is 5.02. The van der Waals surface area contributed by atoms with Crippen molar-refractivity contribution >= 4 is 23.7 Å². The molecular formula is C16H22N6O2S. The van der Waals surface area contributed by atoms with Gasteiger partial charge >= 0.3 is 6.03 Å². The van der Waals surface area contributed by atoms with Gasteiger partial charge in [0.05, 0.1) is 10.9 Å². The van der Waals surface area contributed by atoms with Crippen molar-refractivity contribution in [3.8, 4) is 5.69 Å². The smallest absolute Gasteiger partial charge is 0.321 e. The van der Waals surface area contributed by atoms with Crippen LogP contribution in [0.2, 0.25) is 0 Å². The number of tetrazole rings is 1. The van der Waals surface area contributed by atoms with Crippen LogP contribution in [-0.4, -0.2) is 43.4 Å². The Hall–Kier alpha value is -2.42. The lowest BCUT2D eigenvalue weighted by atomic mass is 10.1. The summed E-state index contributed by atoms with van der Waals surface area (Å²) < 4.78 is 1.60. The second-order valence-electron chi connectivity index (χ2n) is 6.04. The zero-order valence-corrected chi connectivity index (χ0v) is 15.7. The van der Waals surface area contributed by atoms with Crippen molar-refractivity contribution < 1.29 is 9.59 Å². The van der Waals surface area contributed by atoms with E-state index >= 15 is 0 Å². The van der Waals surface area contributed by atoms with Crippen LogP contribution in [0.3, 0.4) is 0 Å². The molecule has 25 heavy (non-hydrogen) atoms. The molecule has 1 aromatic carbocycles. The van der Waals surface area contributed by atoms with Crippen LogP contribution < -0.4 is 10.6 Å². The van der Waals surface area contributed by atoms with Crippen molar-refractivity contribution in [2.24, 2.45) is 0 Å². The number of rotatable bonds is 5. The fourth-order valence-corrected chi connectivity index (χ4v) is 2.88. The molecule has 3 amide bonds. The van der Waals surface area contributed by atoms with Gasteiger partial charge in [-0.15, -0.1) is 5.10 Å². The molecule has 134 valence electrons. The van der Waals surface area contributed by atoms with E-state index in [4.69, 9.17) is 0 Å². The lowest BCUT2D eigenvalue weighted by Crippen LogP contribution is -2.45. The van der Waals surface area contributed by atoms with E-state index in [-0.39, 0.29) is 6.04 Å². The quantitative estimate of drug-likeness (QED) is 0.789. The Balaban J connectivity index is 2.11. The third-order valence-corrected chi connectivity index (χ3v) is 4.37. The van der Waals surface area contributed by atoms with Crippen LogP contribution in [0.15, 0.2) is 23.4 Å². The molecule has 0 saturated carbocycles. The van der Waals surface area contributed by atoms with E-state index in [1.807, 2.05) is 45.9 Å². The van der Waals surface area contributed by atoms with Gasteiger partial charge in [0.1, 0.15) is 0 Å². The Bertz CT molecular complexity index is 774. The number of nitrogens with zero attached hydrogens (tertiary/aromatic N) is 4. The van der Waals surface area contributed by atoms with E-state index < -0.39 is 17.2 Å². The van der Waals surface area contributed by atoms with Gasteiger partial charge in [0.25, 0.3) is 0 Å². The molecule has 9 heteroatoms. The standard InChI is InChI=1S/C16H22N6O2S/c1-9(2)17-15(24)18-14(23)12(5)25-16-19-20-21-22(16)13-8-10(3)6-7-11(13)4/h6-9,12H,1-5H3,(H2,17,18,23,24)/t12-/m1/s1. The monoisotopic (exact) mass is 362 g/mol. The van der Waals surface area contributed by atoms with E-state index in [9.17, 15) is 9.59 Å². The first-order valence-corrected chi connectivity index (χ1v) is 8.80. The predicted octanol–water partition coefficient (Wildman–Crippen LogP) is 1.99. The fraction of sp³-hybridized carbons (Fsp3) is 0.438. The molecule has 2 aromatic rings. The molecule has 0 fully saturated rings. The Morgan fingerprint density at radius 2 is 1.92 bits per heavy atom. The molecule has 0 aliphatic rings. The summed E-state index contributed by atoms with van der Waals surface area (Å²) in [5, 5.41) is 16.6. The average Bonchev–Trinajstić information content (AvgIpc) is 2.96. The molecule has 2 rings (SSSR count). The van der Waals surface area contributed by atoms with E-state index in [0.717, 1.165) is 16.8 Å². The first-order valence-electron chi connectivity index (χ1n) is 7.92. The molecule has 0 aliphatic carbocycles. The van der Waals surface area contributed by atoms with Crippen LogP contribution in [0.4, 0.5) is 4.79 Å². The molecule has 1 aromatic heterocycles. The molecule has 1 atom stereocenters. The number of urea groups is 1. The zero-order valence-electron chi connectivity index (χ0n) is 14.9. The summed E-state index contributed by atoms with van der Waals surface area (Å²) in [5.41, 5.74) is 2.97. The van der Waals surface area contributed by atoms with E-state index in [1.54, 1.807) is 11.6 Å². The van der Waals surface area contributed by atoms with Crippen molar-refractivity contribution in [3.05, 3.63) is 29.3 Å². The summed E-state index contributed by atoms with van der Waals surface area (Å²) in [7, 11) is 0. The summed E-state index contributed by atoms with van der Waals surface area (Å²) in [6.45, 7) is 9.30. The van der Waals surface area contributed by atoms with Crippen molar-refractivity contribution in [2.45, 2.75) is 51.1 Å². The van der Waals surface area contributed by atoms with Gasteiger partial charge < -0.3 is 5.32 Å². The number of carbonyl (C=O) groups excluding carboxylic acids is 2. The first-order chi connectivity index (χ1) is 11.8. The minimum absolute atomic E-state index is 0.0487. The Morgan fingerprint density at radius 3 is 2.60 bits per heavy atom. The minimum atomic E-state index is -0.534. The molecule has 0 unspecified atom stereocenters. The molecule has 2 N–H and O–H groups in total. The summed E-state index contributed by atoms with van der Waals surface area (Å²) in [5.74, 6) is -0.404. The molecule has 0 spiro atoms. The van der Waals surface area contributed by atoms with E-state index in [2.05, 4.69) is 26.2 Å². The highest BCUT2D eigenvalue weighted by Crippen LogP contribution is 2.24. The summed E-state index contributed by atoms with van der Waals surface area (Å²) in [4.78, 5) is 23.8. The molecular weight excluding hydrogens is 340 g/mol. The maximum atomic E-state index is 12.2. The number of aryl methyl sites for hydroxylation is 2. The van der Waals surface area contributed by atoms with Gasteiger partial charge in [-0.3, -0.25) is 10.1 Å². The number of nitrogens with one attached hydrogen (secondary N) is 2. The lowest BCUT2D eigenvalue weighted by Gasteiger charge is -2.13. The second kappa shape index (κ2) is 8.11. The normalized spacial score (nSPS) is 12.1. The average molecular weight is 362 g/mol. The highest BCUT2D eigenvalue weighted by molar-refractivity contribution is 8.00. The number of imide groups is 1. The number of benzene rings is 1. The van der Waals surface area contributed by atoms with Crippen LogP contribution in [0.25, 0.3) is 5.69 Å². The second-order valence-corrected chi connectivity index (χ2v) is 7.35. The lowest BCUT2D eigenvalue weighted by molar-refractivity contribution is -0.119. The molecule has 0 bridgehead atoms. The van der Waals surface area contributed by atoms with Gasteiger partial charge in [0.2, 0.25) is 11.1 Å². The summed E-state index contributed by atoms with van der Waals surface area (Å²) in [6.07, 6.45) is 0. The predicted molar refractivity (Wildman–Crippen MR) is 95.8 cm³/mol. The topological polar surface area (TPSA) is 102 Å². The SMILES string of the molecule is Cc1ccc(C)c(-n2nnnc2S[C@H](C)C(=O)NC(=O)NC(C)C)c1. The first kappa shape index (κ1) is 18.9. The Kier molecular flexibility index (Phi) is 6.13.